The second-order valence-corrected chi connectivity index (χ2v) is 3.24. The summed E-state index contributed by atoms with van der Waals surface area (Å²) in [6, 6.07) is 0. The molecule has 3 nitrogen and oxygen atoms in total. The normalized spacial score (nSPS) is 10.2. The predicted octanol–water partition coefficient (Wildman–Crippen LogP) is 2.25. The smallest absolute Gasteiger partial charge is 0.146 e. The number of benzene rings is 1. The Hall–Kier alpha value is -1.09. The highest BCUT2D eigenvalue weighted by atomic mass is 35.5. The quantitative estimate of drug-likeness (QED) is 0.541. The van der Waals surface area contributed by atoms with Crippen molar-refractivity contribution in [1.29, 1.82) is 0 Å². The van der Waals surface area contributed by atoms with Gasteiger partial charge >= 0.3 is 0 Å². The lowest BCUT2D eigenvalue weighted by atomic mass is 10.1. The van der Waals surface area contributed by atoms with Crippen molar-refractivity contribution in [3.8, 4) is 11.5 Å². The molecule has 1 rings (SSSR count). The van der Waals surface area contributed by atoms with E-state index in [2.05, 4.69) is 0 Å². The molecular weight excluding hydrogens is 190 g/mol. The lowest BCUT2D eigenvalue weighted by Gasteiger charge is -2.13. The van der Waals surface area contributed by atoms with E-state index in [9.17, 15) is 5.11 Å². The van der Waals surface area contributed by atoms with E-state index >= 15 is 0 Å². The minimum Gasteiger partial charge on any atom is -0.505 e. The molecule has 0 bridgehead atoms. The molecule has 0 saturated heterocycles. The lowest BCUT2D eigenvalue weighted by Crippen LogP contribution is -1.97. The fourth-order valence-electron chi connectivity index (χ4n) is 1.30. The zero-order valence-electron chi connectivity index (χ0n) is 7.81. The average molecular weight is 202 g/mol. The fraction of sp³-hybridized carbons (Fsp3) is 0.333. The topological polar surface area (TPSA) is 55.5 Å². The molecule has 0 aliphatic carbocycles. The highest BCUT2D eigenvalue weighted by Crippen LogP contribution is 2.41. The predicted molar refractivity (Wildman–Crippen MR) is 53.6 cm³/mol. The molecule has 0 fully saturated rings. The van der Waals surface area contributed by atoms with Gasteiger partial charge in [0.05, 0.1) is 17.8 Å². The Bertz CT molecular complexity index is 321. The Morgan fingerprint density at radius 1 is 1.31 bits per heavy atom. The summed E-state index contributed by atoms with van der Waals surface area (Å²) in [6.07, 6.45) is 0. The summed E-state index contributed by atoms with van der Waals surface area (Å²) in [5.74, 6) is 0.573. The van der Waals surface area contributed by atoms with Gasteiger partial charge in [-0.05, 0) is 13.8 Å². The van der Waals surface area contributed by atoms with Gasteiger partial charge in [0.1, 0.15) is 11.5 Å². The second-order valence-electron chi connectivity index (χ2n) is 2.86. The third-order valence-corrected chi connectivity index (χ3v) is 2.55. The number of phenolic OH excluding ortho intramolecular Hbond substituents is 1. The molecular formula is C9H12ClNO2. The maximum atomic E-state index is 9.53. The number of nitrogen functional groups attached to an aromatic ring is 1. The Balaban J connectivity index is 3.56. The minimum atomic E-state index is -0.00699. The van der Waals surface area contributed by atoms with Gasteiger partial charge in [0.15, 0.2) is 0 Å². The van der Waals surface area contributed by atoms with Crippen LogP contribution in [0.1, 0.15) is 11.1 Å². The van der Waals surface area contributed by atoms with Crippen LogP contribution in [0.3, 0.4) is 0 Å². The Morgan fingerprint density at radius 2 is 1.85 bits per heavy atom. The van der Waals surface area contributed by atoms with Crippen molar-refractivity contribution in [3.63, 3.8) is 0 Å². The summed E-state index contributed by atoms with van der Waals surface area (Å²) in [5, 5.41) is 9.88. The van der Waals surface area contributed by atoms with Crippen molar-refractivity contribution in [2.45, 2.75) is 13.8 Å². The number of anilines is 1. The molecule has 0 aliphatic heterocycles. The van der Waals surface area contributed by atoms with E-state index in [1.54, 1.807) is 13.8 Å². The molecule has 0 radical (unpaired) electrons. The molecule has 72 valence electrons. The van der Waals surface area contributed by atoms with Crippen molar-refractivity contribution in [3.05, 3.63) is 16.1 Å². The van der Waals surface area contributed by atoms with Gasteiger partial charge in [-0.1, -0.05) is 11.6 Å². The zero-order chi connectivity index (χ0) is 10.2. The van der Waals surface area contributed by atoms with Crippen LogP contribution >= 0.6 is 11.6 Å². The van der Waals surface area contributed by atoms with Gasteiger partial charge in [-0.15, -0.1) is 0 Å². The van der Waals surface area contributed by atoms with Crippen LogP contribution in [0.4, 0.5) is 5.69 Å². The maximum Gasteiger partial charge on any atom is 0.146 e. The van der Waals surface area contributed by atoms with Gasteiger partial charge in [-0.3, -0.25) is 0 Å². The van der Waals surface area contributed by atoms with Crippen molar-refractivity contribution in [2.24, 2.45) is 0 Å². The number of ether oxygens (including phenoxy) is 1. The van der Waals surface area contributed by atoms with E-state index in [1.807, 2.05) is 0 Å². The SMILES string of the molecule is COc1c(C)c(O)c(N)c(Cl)c1C. The first-order chi connectivity index (χ1) is 6.00. The molecule has 0 unspecified atom stereocenters. The molecule has 1 aromatic carbocycles. The minimum absolute atomic E-state index is 0.00699. The van der Waals surface area contributed by atoms with Crippen LogP contribution in [-0.4, -0.2) is 12.2 Å². The third-order valence-electron chi connectivity index (χ3n) is 2.06. The third kappa shape index (κ3) is 1.40. The number of phenols is 1. The van der Waals surface area contributed by atoms with Crippen molar-refractivity contribution >= 4 is 17.3 Å². The van der Waals surface area contributed by atoms with Gasteiger partial charge in [0, 0.05) is 11.1 Å². The molecule has 0 spiro atoms. The molecule has 0 heterocycles. The van der Waals surface area contributed by atoms with Crippen LogP contribution < -0.4 is 10.5 Å². The summed E-state index contributed by atoms with van der Waals surface area (Å²) in [7, 11) is 1.53. The van der Waals surface area contributed by atoms with Gasteiger partial charge in [-0.25, -0.2) is 0 Å². The van der Waals surface area contributed by atoms with Crippen LogP contribution in [0.2, 0.25) is 5.02 Å². The first kappa shape index (κ1) is 9.99. The Kier molecular flexibility index (Phi) is 2.57. The standard InChI is InChI=1S/C9H12ClNO2/c1-4-6(10)7(11)8(12)5(2)9(4)13-3/h12H,11H2,1-3H3. The van der Waals surface area contributed by atoms with E-state index in [1.165, 1.54) is 7.11 Å². The maximum absolute atomic E-state index is 9.53. The number of rotatable bonds is 1. The molecule has 0 saturated carbocycles. The Morgan fingerprint density at radius 3 is 2.31 bits per heavy atom. The van der Waals surface area contributed by atoms with E-state index in [0.29, 0.717) is 16.3 Å². The molecule has 4 heteroatoms. The number of halogens is 1. The monoisotopic (exact) mass is 201 g/mol. The van der Waals surface area contributed by atoms with Gasteiger partial charge in [0.2, 0.25) is 0 Å². The first-order valence-corrected chi connectivity index (χ1v) is 4.19. The number of hydrogen-bond acceptors (Lipinski definition) is 3. The van der Waals surface area contributed by atoms with Gasteiger partial charge in [0.25, 0.3) is 0 Å². The largest absolute Gasteiger partial charge is 0.505 e. The van der Waals surface area contributed by atoms with E-state index in [4.69, 9.17) is 22.1 Å². The average Bonchev–Trinajstić information content (AvgIpc) is 2.13. The Labute approximate surface area is 82.1 Å². The van der Waals surface area contributed by atoms with Crippen LogP contribution in [0.25, 0.3) is 0 Å². The highest BCUT2D eigenvalue weighted by molar-refractivity contribution is 6.34. The number of hydrogen-bond donors (Lipinski definition) is 2. The van der Waals surface area contributed by atoms with Crippen LogP contribution in [-0.2, 0) is 0 Å². The van der Waals surface area contributed by atoms with E-state index in [0.717, 1.165) is 5.56 Å². The summed E-state index contributed by atoms with van der Waals surface area (Å²) in [6.45, 7) is 3.53. The molecule has 0 amide bonds. The molecule has 3 N–H and O–H groups in total. The van der Waals surface area contributed by atoms with Crippen LogP contribution in [0, 0.1) is 13.8 Å². The molecule has 1 aromatic rings. The van der Waals surface area contributed by atoms with Crippen molar-refractivity contribution in [2.75, 3.05) is 12.8 Å². The summed E-state index contributed by atoms with van der Waals surface area (Å²) < 4.78 is 5.09. The number of nitrogens with two attached hydrogens (primary N) is 1. The highest BCUT2D eigenvalue weighted by Gasteiger charge is 2.16. The molecule has 0 aliphatic rings. The first-order valence-electron chi connectivity index (χ1n) is 3.81. The molecule has 0 aromatic heterocycles. The molecule has 13 heavy (non-hydrogen) atoms. The van der Waals surface area contributed by atoms with Crippen molar-refractivity contribution in [1.82, 2.24) is 0 Å². The number of aromatic hydroxyl groups is 1. The summed E-state index contributed by atoms with van der Waals surface area (Å²) in [4.78, 5) is 0. The summed E-state index contributed by atoms with van der Waals surface area (Å²) in [5.41, 5.74) is 7.14. The second kappa shape index (κ2) is 3.34. The van der Waals surface area contributed by atoms with E-state index in [-0.39, 0.29) is 11.4 Å². The van der Waals surface area contributed by atoms with E-state index < -0.39 is 0 Å². The van der Waals surface area contributed by atoms with Crippen LogP contribution in [0.15, 0.2) is 0 Å². The van der Waals surface area contributed by atoms with Crippen LogP contribution in [0.5, 0.6) is 11.5 Å². The van der Waals surface area contributed by atoms with Gasteiger partial charge in [-0.2, -0.15) is 0 Å². The number of methoxy groups -OCH3 is 1. The zero-order valence-corrected chi connectivity index (χ0v) is 8.57. The van der Waals surface area contributed by atoms with Gasteiger partial charge < -0.3 is 15.6 Å². The fourth-order valence-corrected chi connectivity index (χ4v) is 1.48. The summed E-state index contributed by atoms with van der Waals surface area (Å²) >= 11 is 5.87. The van der Waals surface area contributed by atoms with Crippen molar-refractivity contribution < 1.29 is 9.84 Å². The molecule has 0 atom stereocenters. The lowest BCUT2D eigenvalue weighted by molar-refractivity contribution is 0.400.